The molecule has 0 aliphatic heterocycles. The molecule has 0 heterocycles. The van der Waals surface area contributed by atoms with Crippen LogP contribution in [0.3, 0.4) is 0 Å². The summed E-state index contributed by atoms with van der Waals surface area (Å²) in [5.41, 5.74) is 4.58. The molecule has 0 aliphatic carbocycles. The van der Waals surface area contributed by atoms with Gasteiger partial charge in [0, 0.05) is 20.3 Å². The Labute approximate surface area is 95.1 Å². The van der Waals surface area contributed by atoms with Crippen LogP contribution in [0.25, 0.3) is 0 Å². The number of aliphatic carboxylic acids is 1. The average molecular weight is 232 g/mol. The largest absolute Gasteiger partial charge is 0.481 e. The Kier molecular flexibility index (Phi) is 5.98. The summed E-state index contributed by atoms with van der Waals surface area (Å²) in [4.78, 5) is 22.2. The molecule has 0 aromatic carbocycles. The first kappa shape index (κ1) is 14.9. The van der Waals surface area contributed by atoms with Crippen LogP contribution in [0.4, 0.5) is 0 Å². The summed E-state index contributed by atoms with van der Waals surface area (Å²) in [5, 5.41) is 11.3. The Hall–Kier alpha value is -1.14. The topological polar surface area (TPSA) is 102 Å². The van der Waals surface area contributed by atoms with Crippen LogP contribution >= 0.6 is 0 Å². The second-order valence-corrected chi connectivity index (χ2v) is 4.29. The highest BCUT2D eigenvalue weighted by Crippen LogP contribution is 2.12. The van der Waals surface area contributed by atoms with Gasteiger partial charge in [-0.1, -0.05) is 0 Å². The summed E-state index contributed by atoms with van der Waals surface area (Å²) in [5.74, 6) is -1.32. The molecule has 0 aliphatic rings. The maximum Gasteiger partial charge on any atom is 0.310 e. The van der Waals surface area contributed by atoms with Gasteiger partial charge in [-0.3, -0.25) is 9.59 Å². The van der Waals surface area contributed by atoms with Gasteiger partial charge in [-0.2, -0.15) is 0 Å². The quantitative estimate of drug-likeness (QED) is 0.553. The van der Waals surface area contributed by atoms with E-state index in [-0.39, 0.29) is 12.5 Å². The highest BCUT2D eigenvalue weighted by Gasteiger charge is 2.28. The maximum atomic E-state index is 11.4. The molecule has 1 atom stereocenters. The van der Waals surface area contributed by atoms with Crippen LogP contribution in [-0.4, -0.2) is 43.3 Å². The molecule has 0 aromatic rings. The van der Waals surface area contributed by atoms with Crippen LogP contribution in [0.15, 0.2) is 0 Å². The molecule has 0 saturated heterocycles. The Morgan fingerprint density at radius 2 is 2.06 bits per heavy atom. The molecule has 16 heavy (non-hydrogen) atoms. The third kappa shape index (κ3) is 5.09. The molecule has 6 heteroatoms. The summed E-state index contributed by atoms with van der Waals surface area (Å²) in [7, 11) is 1.53. The summed E-state index contributed by atoms with van der Waals surface area (Å²) < 4.78 is 4.79. The number of nitrogens with two attached hydrogens (primary N) is 1. The van der Waals surface area contributed by atoms with Crippen molar-refractivity contribution in [3.63, 3.8) is 0 Å². The summed E-state index contributed by atoms with van der Waals surface area (Å²) in [6, 6.07) is -0.662. The van der Waals surface area contributed by atoms with Gasteiger partial charge in [-0.25, -0.2) is 0 Å². The lowest BCUT2D eigenvalue weighted by atomic mass is 9.94. The van der Waals surface area contributed by atoms with Crippen LogP contribution < -0.4 is 11.1 Å². The lowest BCUT2D eigenvalue weighted by Gasteiger charge is -2.20. The number of rotatable bonds is 7. The molecule has 0 radical (unpaired) electrons. The average Bonchev–Trinajstić information content (AvgIpc) is 2.22. The number of nitrogens with one attached hydrogen (secondary N) is 1. The molecule has 0 spiro atoms. The Bertz CT molecular complexity index is 253. The number of carbonyl (C=O) groups is 2. The zero-order valence-corrected chi connectivity index (χ0v) is 9.95. The summed E-state index contributed by atoms with van der Waals surface area (Å²) in [6.45, 7) is 3.53. The second-order valence-electron chi connectivity index (χ2n) is 4.29. The SMILES string of the molecule is COCCC(N)C(=O)NCC(C)(C)C(=O)O. The Morgan fingerprint density at radius 3 is 2.50 bits per heavy atom. The van der Waals surface area contributed by atoms with Gasteiger partial charge in [0.05, 0.1) is 11.5 Å². The van der Waals surface area contributed by atoms with Crippen LogP contribution in [0.1, 0.15) is 20.3 Å². The number of carboxylic acid groups (broad SMARTS) is 1. The van der Waals surface area contributed by atoms with Crippen molar-refractivity contribution in [2.24, 2.45) is 11.1 Å². The standard InChI is InChI=1S/C10H20N2O4/c1-10(2,9(14)15)6-12-8(13)7(11)4-5-16-3/h7H,4-6,11H2,1-3H3,(H,12,13)(H,14,15). The number of ether oxygens (including phenoxy) is 1. The van der Waals surface area contributed by atoms with E-state index in [1.165, 1.54) is 21.0 Å². The van der Waals surface area contributed by atoms with Gasteiger partial charge in [-0.15, -0.1) is 0 Å². The molecule has 0 rings (SSSR count). The smallest absolute Gasteiger partial charge is 0.310 e. The lowest BCUT2D eigenvalue weighted by molar-refractivity contribution is -0.146. The molecular weight excluding hydrogens is 212 g/mol. The summed E-state index contributed by atoms with van der Waals surface area (Å²) >= 11 is 0. The van der Waals surface area contributed by atoms with Gasteiger partial charge in [-0.05, 0) is 20.3 Å². The monoisotopic (exact) mass is 232 g/mol. The van der Waals surface area contributed by atoms with Crippen molar-refractivity contribution in [2.45, 2.75) is 26.3 Å². The van der Waals surface area contributed by atoms with E-state index in [1.54, 1.807) is 0 Å². The number of hydrogen-bond acceptors (Lipinski definition) is 4. The molecule has 4 N–H and O–H groups in total. The van der Waals surface area contributed by atoms with E-state index in [0.717, 1.165) is 0 Å². The van der Waals surface area contributed by atoms with Crippen molar-refractivity contribution in [3.8, 4) is 0 Å². The second kappa shape index (κ2) is 6.44. The number of carboxylic acids is 1. The molecule has 0 aromatic heterocycles. The fraction of sp³-hybridized carbons (Fsp3) is 0.800. The number of methoxy groups -OCH3 is 1. The fourth-order valence-corrected chi connectivity index (χ4v) is 0.891. The third-order valence-electron chi connectivity index (χ3n) is 2.25. The molecule has 94 valence electrons. The highest BCUT2D eigenvalue weighted by atomic mass is 16.5. The van der Waals surface area contributed by atoms with Crippen molar-refractivity contribution in [2.75, 3.05) is 20.3 Å². The first-order chi connectivity index (χ1) is 7.31. The van der Waals surface area contributed by atoms with Gasteiger partial charge in [0.15, 0.2) is 0 Å². The van der Waals surface area contributed by atoms with E-state index in [2.05, 4.69) is 5.32 Å². The van der Waals surface area contributed by atoms with Gasteiger partial charge in [0.2, 0.25) is 5.91 Å². The van der Waals surface area contributed by atoms with E-state index in [9.17, 15) is 9.59 Å². The number of carbonyl (C=O) groups excluding carboxylic acids is 1. The number of amides is 1. The van der Waals surface area contributed by atoms with Gasteiger partial charge in [0.25, 0.3) is 0 Å². The highest BCUT2D eigenvalue weighted by molar-refractivity contribution is 5.82. The molecule has 0 saturated carbocycles. The Balaban J connectivity index is 4.02. The zero-order chi connectivity index (χ0) is 12.8. The van der Waals surface area contributed by atoms with E-state index in [1.807, 2.05) is 0 Å². The van der Waals surface area contributed by atoms with E-state index in [0.29, 0.717) is 13.0 Å². The van der Waals surface area contributed by atoms with Gasteiger partial charge >= 0.3 is 5.97 Å². The van der Waals surface area contributed by atoms with Crippen LogP contribution in [0.5, 0.6) is 0 Å². The van der Waals surface area contributed by atoms with Crippen molar-refractivity contribution in [1.82, 2.24) is 5.32 Å². The molecule has 1 unspecified atom stereocenters. The van der Waals surface area contributed by atoms with Crippen LogP contribution in [-0.2, 0) is 14.3 Å². The van der Waals surface area contributed by atoms with E-state index < -0.39 is 17.4 Å². The van der Waals surface area contributed by atoms with Gasteiger partial charge < -0.3 is 20.9 Å². The minimum atomic E-state index is -0.989. The molecule has 0 bridgehead atoms. The first-order valence-corrected chi connectivity index (χ1v) is 5.07. The van der Waals surface area contributed by atoms with Crippen molar-refractivity contribution >= 4 is 11.9 Å². The fourth-order valence-electron chi connectivity index (χ4n) is 0.891. The lowest BCUT2D eigenvalue weighted by Crippen LogP contribution is -2.46. The predicted octanol–water partition coefficient (Wildman–Crippen LogP) is -0.423. The van der Waals surface area contributed by atoms with Crippen molar-refractivity contribution in [1.29, 1.82) is 0 Å². The molecule has 1 amide bonds. The zero-order valence-electron chi connectivity index (χ0n) is 9.95. The summed E-state index contributed by atoms with van der Waals surface area (Å²) in [6.07, 6.45) is 0.413. The molecule has 6 nitrogen and oxygen atoms in total. The maximum absolute atomic E-state index is 11.4. The molecule has 0 fully saturated rings. The number of hydrogen-bond donors (Lipinski definition) is 3. The van der Waals surface area contributed by atoms with E-state index >= 15 is 0 Å². The minimum absolute atomic E-state index is 0.0574. The van der Waals surface area contributed by atoms with Crippen LogP contribution in [0, 0.1) is 5.41 Å². The van der Waals surface area contributed by atoms with Crippen LogP contribution in [0.2, 0.25) is 0 Å². The minimum Gasteiger partial charge on any atom is -0.481 e. The Morgan fingerprint density at radius 1 is 1.50 bits per heavy atom. The first-order valence-electron chi connectivity index (χ1n) is 5.07. The van der Waals surface area contributed by atoms with Crippen molar-refractivity contribution < 1.29 is 19.4 Å². The predicted molar refractivity (Wildman–Crippen MR) is 58.9 cm³/mol. The van der Waals surface area contributed by atoms with Gasteiger partial charge in [0.1, 0.15) is 0 Å². The molecular formula is C10H20N2O4. The van der Waals surface area contributed by atoms with E-state index in [4.69, 9.17) is 15.6 Å². The third-order valence-corrected chi connectivity index (χ3v) is 2.25. The van der Waals surface area contributed by atoms with Crippen molar-refractivity contribution in [3.05, 3.63) is 0 Å². The normalized spacial score (nSPS) is 13.2.